The number of esters is 1. The quantitative estimate of drug-likeness (QED) is 0.361. The third kappa shape index (κ3) is 2.98. The van der Waals surface area contributed by atoms with Gasteiger partial charge in [0.2, 0.25) is 0 Å². The van der Waals surface area contributed by atoms with E-state index >= 15 is 0 Å². The fourth-order valence-corrected chi connectivity index (χ4v) is 2.03. The van der Waals surface area contributed by atoms with E-state index in [1.807, 2.05) is 0 Å². The highest BCUT2D eigenvalue weighted by atomic mass is 79.9. The summed E-state index contributed by atoms with van der Waals surface area (Å²) in [5.74, 6) is -0.321. The monoisotopic (exact) mass is 317 g/mol. The Morgan fingerprint density at radius 3 is 2.61 bits per heavy atom. The molecule has 0 bridgehead atoms. The van der Waals surface area contributed by atoms with Crippen LogP contribution >= 0.6 is 15.9 Å². The van der Waals surface area contributed by atoms with Crippen molar-refractivity contribution in [3.8, 4) is 5.75 Å². The predicted octanol–water partition coefficient (Wildman–Crippen LogP) is 2.68. The zero-order valence-corrected chi connectivity index (χ0v) is 11.5. The van der Waals surface area contributed by atoms with Gasteiger partial charge in [0.05, 0.1) is 30.3 Å². The van der Waals surface area contributed by atoms with Crippen LogP contribution < -0.4 is 4.74 Å². The number of rotatable bonds is 5. The van der Waals surface area contributed by atoms with E-state index in [0.29, 0.717) is 10.9 Å². The number of ether oxygens (including phenoxy) is 2. The molecule has 1 rings (SSSR count). The zero-order chi connectivity index (χ0) is 13.7. The number of non-ortho nitro benzene ring substituents is 1. The maximum absolute atomic E-state index is 11.7. The molecule has 0 spiro atoms. The van der Waals surface area contributed by atoms with E-state index in [1.54, 1.807) is 6.92 Å². The Kier molecular flexibility index (Phi) is 5.08. The summed E-state index contributed by atoms with van der Waals surface area (Å²) < 4.78 is 9.92. The predicted molar refractivity (Wildman–Crippen MR) is 68.2 cm³/mol. The number of alkyl halides is 1. The number of methoxy groups -OCH3 is 1. The first-order valence-electron chi connectivity index (χ1n) is 5.13. The summed E-state index contributed by atoms with van der Waals surface area (Å²) in [5, 5.41) is 11.1. The second-order valence-corrected chi connectivity index (χ2v) is 3.85. The molecule has 0 aliphatic rings. The van der Waals surface area contributed by atoms with Crippen molar-refractivity contribution in [2.24, 2.45) is 0 Å². The second-order valence-electron chi connectivity index (χ2n) is 3.29. The van der Waals surface area contributed by atoms with E-state index in [9.17, 15) is 14.9 Å². The zero-order valence-electron chi connectivity index (χ0n) is 9.94. The van der Waals surface area contributed by atoms with Crippen molar-refractivity contribution in [1.29, 1.82) is 0 Å². The number of nitro groups is 1. The Morgan fingerprint density at radius 2 is 2.17 bits per heavy atom. The van der Waals surface area contributed by atoms with Gasteiger partial charge in [-0.25, -0.2) is 4.79 Å². The molecule has 0 heterocycles. The van der Waals surface area contributed by atoms with Crippen LogP contribution in [0.15, 0.2) is 12.1 Å². The highest BCUT2D eigenvalue weighted by Crippen LogP contribution is 2.30. The lowest BCUT2D eigenvalue weighted by Crippen LogP contribution is -2.09. The molecule has 0 unspecified atom stereocenters. The van der Waals surface area contributed by atoms with Crippen LogP contribution in [0, 0.1) is 10.1 Å². The van der Waals surface area contributed by atoms with Crippen LogP contribution in [0.4, 0.5) is 5.69 Å². The molecule has 1 aromatic rings. The van der Waals surface area contributed by atoms with Crippen LogP contribution in [0.25, 0.3) is 0 Å². The molecule has 18 heavy (non-hydrogen) atoms. The maximum Gasteiger partial charge on any atom is 0.338 e. The number of hydrogen-bond donors (Lipinski definition) is 0. The highest BCUT2D eigenvalue weighted by Gasteiger charge is 2.21. The van der Waals surface area contributed by atoms with Gasteiger partial charge in [-0.2, -0.15) is 0 Å². The van der Waals surface area contributed by atoms with Crippen molar-refractivity contribution in [3.63, 3.8) is 0 Å². The fraction of sp³-hybridized carbons (Fsp3) is 0.364. The summed E-state index contributed by atoms with van der Waals surface area (Å²) in [6, 6.07) is 2.47. The van der Waals surface area contributed by atoms with Gasteiger partial charge in [0, 0.05) is 17.0 Å². The number of carbonyl (C=O) groups is 1. The summed E-state index contributed by atoms with van der Waals surface area (Å²) in [6.07, 6.45) is 0. The largest absolute Gasteiger partial charge is 0.496 e. The number of benzene rings is 1. The van der Waals surface area contributed by atoms with Crippen LogP contribution in [-0.4, -0.2) is 24.6 Å². The molecule has 98 valence electrons. The lowest BCUT2D eigenvalue weighted by molar-refractivity contribution is -0.385. The van der Waals surface area contributed by atoms with Crippen molar-refractivity contribution in [2.75, 3.05) is 13.7 Å². The third-order valence-corrected chi connectivity index (χ3v) is 2.81. The minimum absolute atomic E-state index is 0.139. The first kappa shape index (κ1) is 14.4. The molecule has 6 nitrogen and oxygen atoms in total. The SMILES string of the molecule is CCOC(=O)c1cc([N+](=O)[O-])cc(OC)c1CBr. The molecule has 0 amide bonds. The molecular formula is C11H12BrNO5. The molecule has 0 atom stereocenters. The number of nitro benzene ring substituents is 1. The standard InChI is InChI=1S/C11H12BrNO5/c1-3-18-11(14)8-4-7(13(15)16)5-10(17-2)9(8)6-12/h4-5H,3,6H2,1-2H3. The van der Waals surface area contributed by atoms with Crippen LogP contribution in [0.2, 0.25) is 0 Å². The van der Waals surface area contributed by atoms with E-state index < -0.39 is 10.9 Å². The molecule has 0 saturated heterocycles. The average molecular weight is 318 g/mol. The fourth-order valence-electron chi connectivity index (χ4n) is 1.45. The van der Waals surface area contributed by atoms with Crippen molar-refractivity contribution in [3.05, 3.63) is 33.4 Å². The molecule has 0 radical (unpaired) electrons. The van der Waals surface area contributed by atoms with Gasteiger partial charge in [-0.3, -0.25) is 10.1 Å². The molecule has 0 fully saturated rings. The van der Waals surface area contributed by atoms with Crippen LogP contribution in [-0.2, 0) is 10.1 Å². The van der Waals surface area contributed by atoms with Gasteiger partial charge in [0.1, 0.15) is 5.75 Å². The number of hydrogen-bond acceptors (Lipinski definition) is 5. The summed E-state index contributed by atoms with van der Waals surface area (Å²) in [7, 11) is 1.39. The van der Waals surface area contributed by atoms with Gasteiger partial charge >= 0.3 is 5.97 Å². The molecule has 0 aromatic heterocycles. The highest BCUT2D eigenvalue weighted by molar-refractivity contribution is 9.08. The van der Waals surface area contributed by atoms with Crippen molar-refractivity contribution < 1.29 is 19.2 Å². The van der Waals surface area contributed by atoms with Crippen molar-refractivity contribution in [1.82, 2.24) is 0 Å². The van der Waals surface area contributed by atoms with Gasteiger partial charge in [0.15, 0.2) is 0 Å². The van der Waals surface area contributed by atoms with E-state index in [0.717, 1.165) is 0 Å². The summed E-state index contributed by atoms with van der Waals surface area (Å²) >= 11 is 3.22. The van der Waals surface area contributed by atoms with E-state index in [2.05, 4.69) is 15.9 Å². The number of carbonyl (C=O) groups excluding carboxylic acids is 1. The average Bonchev–Trinajstić information content (AvgIpc) is 2.37. The van der Waals surface area contributed by atoms with E-state index in [4.69, 9.17) is 9.47 Å². The molecule has 0 aliphatic heterocycles. The van der Waals surface area contributed by atoms with Gasteiger partial charge in [0.25, 0.3) is 5.69 Å². The smallest absolute Gasteiger partial charge is 0.338 e. The molecule has 7 heteroatoms. The summed E-state index contributed by atoms with van der Waals surface area (Å²) in [6.45, 7) is 1.87. The minimum Gasteiger partial charge on any atom is -0.496 e. The Hall–Kier alpha value is -1.63. The summed E-state index contributed by atoms with van der Waals surface area (Å²) in [5.41, 5.74) is 0.459. The van der Waals surface area contributed by atoms with Crippen LogP contribution in [0.3, 0.4) is 0 Å². The first-order valence-corrected chi connectivity index (χ1v) is 6.25. The van der Waals surface area contributed by atoms with E-state index in [-0.39, 0.29) is 23.6 Å². The van der Waals surface area contributed by atoms with Gasteiger partial charge in [-0.05, 0) is 6.92 Å². The maximum atomic E-state index is 11.7. The normalized spacial score (nSPS) is 9.94. The first-order chi connectivity index (χ1) is 8.54. The topological polar surface area (TPSA) is 78.7 Å². The third-order valence-electron chi connectivity index (χ3n) is 2.25. The second kappa shape index (κ2) is 6.34. The molecule has 0 N–H and O–H groups in total. The van der Waals surface area contributed by atoms with E-state index in [1.165, 1.54) is 19.2 Å². The molecule has 0 aliphatic carbocycles. The Morgan fingerprint density at radius 1 is 1.50 bits per heavy atom. The Balaban J connectivity index is 3.40. The molecule has 1 aromatic carbocycles. The Labute approximate surface area is 112 Å². The van der Waals surface area contributed by atoms with Crippen LogP contribution in [0.1, 0.15) is 22.8 Å². The van der Waals surface area contributed by atoms with Gasteiger partial charge in [-0.1, -0.05) is 15.9 Å². The van der Waals surface area contributed by atoms with Crippen LogP contribution in [0.5, 0.6) is 5.75 Å². The minimum atomic E-state index is -0.603. The van der Waals surface area contributed by atoms with Crippen molar-refractivity contribution in [2.45, 2.75) is 12.3 Å². The lowest BCUT2D eigenvalue weighted by atomic mass is 10.1. The molecular weight excluding hydrogens is 306 g/mol. The van der Waals surface area contributed by atoms with Gasteiger partial charge in [-0.15, -0.1) is 0 Å². The summed E-state index contributed by atoms with van der Waals surface area (Å²) in [4.78, 5) is 22.0. The van der Waals surface area contributed by atoms with Crippen molar-refractivity contribution >= 4 is 27.6 Å². The molecule has 0 saturated carbocycles. The Bertz CT molecular complexity index is 475. The van der Waals surface area contributed by atoms with Gasteiger partial charge < -0.3 is 9.47 Å². The number of halogens is 1. The number of nitrogens with zero attached hydrogens (tertiary/aromatic N) is 1. The lowest BCUT2D eigenvalue weighted by Gasteiger charge is -2.11.